The van der Waals surface area contributed by atoms with Gasteiger partial charge in [0.2, 0.25) is 0 Å². The predicted molar refractivity (Wildman–Crippen MR) is 128 cm³/mol. The molecule has 0 aromatic carbocycles. The summed E-state index contributed by atoms with van der Waals surface area (Å²) < 4.78 is 5.59. The van der Waals surface area contributed by atoms with E-state index in [1.165, 1.54) is 103 Å². The summed E-state index contributed by atoms with van der Waals surface area (Å²) in [5.41, 5.74) is 0. The minimum absolute atomic E-state index is 0.0718. The number of nitrogens with zero attached hydrogens (tertiary/aromatic N) is 1. The zero-order chi connectivity index (χ0) is 21.4. The lowest BCUT2D eigenvalue weighted by atomic mass is 10.1. The number of unbranched alkanes of at least 4 members (excludes halogenated alkanes) is 16. The van der Waals surface area contributed by atoms with E-state index in [-0.39, 0.29) is 6.09 Å². The maximum atomic E-state index is 12.5. The van der Waals surface area contributed by atoms with Gasteiger partial charge in [-0.05, 0) is 19.3 Å². The zero-order valence-electron chi connectivity index (χ0n) is 20.3. The van der Waals surface area contributed by atoms with Crippen LogP contribution in [-0.2, 0) is 4.74 Å². The fourth-order valence-electron chi connectivity index (χ4n) is 3.77. The van der Waals surface area contributed by atoms with Crippen molar-refractivity contribution in [3.63, 3.8) is 0 Å². The van der Waals surface area contributed by atoms with Crippen LogP contribution < -0.4 is 0 Å². The van der Waals surface area contributed by atoms with E-state index in [1.54, 1.807) is 0 Å². The molecule has 0 unspecified atom stereocenters. The molecule has 3 heteroatoms. The molecule has 0 aliphatic rings. The molecule has 0 spiro atoms. The smallest absolute Gasteiger partial charge is 0.409 e. The quantitative estimate of drug-likeness (QED) is 0.166. The van der Waals surface area contributed by atoms with E-state index in [0.29, 0.717) is 6.61 Å². The number of hydrogen-bond donors (Lipinski definition) is 0. The molecule has 0 atom stereocenters. The third-order valence-electron chi connectivity index (χ3n) is 5.79. The monoisotopic (exact) mass is 411 g/mol. The molecule has 29 heavy (non-hydrogen) atoms. The number of amides is 1. The highest BCUT2D eigenvalue weighted by molar-refractivity contribution is 5.67. The highest BCUT2D eigenvalue weighted by atomic mass is 16.6. The van der Waals surface area contributed by atoms with E-state index in [1.807, 2.05) is 4.90 Å². The van der Waals surface area contributed by atoms with Crippen molar-refractivity contribution in [1.82, 2.24) is 4.90 Å². The second-order valence-electron chi connectivity index (χ2n) is 8.76. The summed E-state index contributed by atoms with van der Waals surface area (Å²) in [6.45, 7) is 9.09. The Morgan fingerprint density at radius 1 is 0.517 bits per heavy atom. The second kappa shape index (κ2) is 23.5. The van der Waals surface area contributed by atoms with Crippen LogP contribution in [0.15, 0.2) is 0 Å². The molecule has 0 saturated carbocycles. The number of ether oxygens (including phenoxy) is 1. The molecule has 0 heterocycles. The highest BCUT2D eigenvalue weighted by Crippen LogP contribution is 2.11. The lowest BCUT2D eigenvalue weighted by molar-refractivity contribution is 0.0989. The van der Waals surface area contributed by atoms with Gasteiger partial charge in [-0.1, -0.05) is 124 Å². The average molecular weight is 412 g/mol. The first kappa shape index (κ1) is 28.3. The fourth-order valence-corrected chi connectivity index (χ4v) is 3.77. The van der Waals surface area contributed by atoms with E-state index in [9.17, 15) is 4.79 Å². The molecular formula is C26H53NO2. The molecule has 0 aromatic heterocycles. The molecule has 1 amide bonds. The second-order valence-corrected chi connectivity index (χ2v) is 8.76. The van der Waals surface area contributed by atoms with Crippen molar-refractivity contribution in [3.8, 4) is 0 Å². The van der Waals surface area contributed by atoms with E-state index >= 15 is 0 Å². The molecule has 174 valence electrons. The molecule has 0 aromatic rings. The van der Waals surface area contributed by atoms with Gasteiger partial charge in [0, 0.05) is 13.1 Å². The Labute approximate surface area is 183 Å². The van der Waals surface area contributed by atoms with Crippen LogP contribution in [0.2, 0.25) is 0 Å². The van der Waals surface area contributed by atoms with Crippen molar-refractivity contribution in [2.45, 2.75) is 143 Å². The van der Waals surface area contributed by atoms with Gasteiger partial charge in [0.05, 0.1) is 6.61 Å². The molecule has 0 saturated heterocycles. The Balaban J connectivity index is 4.03. The zero-order valence-corrected chi connectivity index (χ0v) is 20.3. The van der Waals surface area contributed by atoms with Crippen LogP contribution in [0.1, 0.15) is 143 Å². The molecule has 3 nitrogen and oxygen atoms in total. The van der Waals surface area contributed by atoms with Gasteiger partial charge in [-0.15, -0.1) is 0 Å². The minimum Gasteiger partial charge on any atom is -0.449 e. The SMILES string of the molecule is CCCCCCCCCN(CCCCCCCCC)C(=O)OCCCCCCC. The summed E-state index contributed by atoms with van der Waals surface area (Å²) in [4.78, 5) is 14.5. The largest absolute Gasteiger partial charge is 0.449 e. The molecule has 0 aliphatic carbocycles. The first-order valence-electron chi connectivity index (χ1n) is 13.2. The van der Waals surface area contributed by atoms with Gasteiger partial charge in [0.25, 0.3) is 0 Å². The van der Waals surface area contributed by atoms with E-state index < -0.39 is 0 Å². The van der Waals surface area contributed by atoms with E-state index in [0.717, 1.165) is 32.4 Å². The van der Waals surface area contributed by atoms with E-state index in [4.69, 9.17) is 4.74 Å². The van der Waals surface area contributed by atoms with Crippen molar-refractivity contribution >= 4 is 6.09 Å². The normalized spacial score (nSPS) is 11.0. The maximum Gasteiger partial charge on any atom is 0.409 e. The first-order valence-corrected chi connectivity index (χ1v) is 13.2. The van der Waals surface area contributed by atoms with Crippen LogP contribution in [-0.4, -0.2) is 30.7 Å². The third kappa shape index (κ3) is 20.3. The van der Waals surface area contributed by atoms with Gasteiger partial charge in [-0.25, -0.2) is 4.79 Å². The average Bonchev–Trinajstić information content (AvgIpc) is 2.73. The van der Waals surface area contributed by atoms with Crippen LogP contribution in [0.25, 0.3) is 0 Å². The Bertz CT molecular complexity index is 315. The minimum atomic E-state index is -0.0718. The summed E-state index contributed by atoms with van der Waals surface area (Å²) >= 11 is 0. The molecule has 0 N–H and O–H groups in total. The number of hydrogen-bond acceptors (Lipinski definition) is 2. The molecule has 0 rings (SSSR count). The van der Waals surface area contributed by atoms with Gasteiger partial charge >= 0.3 is 6.09 Å². The summed E-state index contributed by atoms with van der Waals surface area (Å²) in [7, 11) is 0. The lowest BCUT2D eigenvalue weighted by Crippen LogP contribution is -2.33. The Hall–Kier alpha value is -0.730. The van der Waals surface area contributed by atoms with Crippen LogP contribution in [0.5, 0.6) is 0 Å². The fraction of sp³-hybridized carbons (Fsp3) is 0.962. The molecular weight excluding hydrogens is 358 g/mol. The number of carbonyl (C=O) groups excluding carboxylic acids is 1. The molecule has 0 aliphatic heterocycles. The number of rotatable bonds is 22. The standard InChI is InChI=1S/C26H53NO2/c1-4-7-10-13-15-17-20-23-27(24-21-18-16-14-11-8-5-2)26(28)29-25-22-19-12-9-6-3/h4-25H2,1-3H3. The van der Waals surface area contributed by atoms with Crippen molar-refractivity contribution in [2.24, 2.45) is 0 Å². The summed E-state index contributed by atoms with van der Waals surface area (Å²) in [5, 5.41) is 0. The third-order valence-corrected chi connectivity index (χ3v) is 5.79. The van der Waals surface area contributed by atoms with Crippen LogP contribution in [0, 0.1) is 0 Å². The summed E-state index contributed by atoms with van der Waals surface area (Å²) in [6.07, 6.45) is 24.0. The van der Waals surface area contributed by atoms with Gasteiger partial charge in [0.1, 0.15) is 0 Å². The highest BCUT2D eigenvalue weighted by Gasteiger charge is 2.14. The molecule has 0 fully saturated rings. The predicted octanol–water partition coefficient (Wildman–Crippen LogP) is 8.90. The Kier molecular flexibility index (Phi) is 23.0. The van der Waals surface area contributed by atoms with Crippen LogP contribution in [0.3, 0.4) is 0 Å². The number of carbonyl (C=O) groups is 1. The lowest BCUT2D eigenvalue weighted by Gasteiger charge is -2.22. The van der Waals surface area contributed by atoms with Crippen molar-refractivity contribution in [3.05, 3.63) is 0 Å². The van der Waals surface area contributed by atoms with Gasteiger partial charge < -0.3 is 9.64 Å². The maximum absolute atomic E-state index is 12.5. The van der Waals surface area contributed by atoms with Crippen molar-refractivity contribution < 1.29 is 9.53 Å². The summed E-state index contributed by atoms with van der Waals surface area (Å²) in [5.74, 6) is 0. The van der Waals surface area contributed by atoms with Crippen LogP contribution >= 0.6 is 0 Å². The van der Waals surface area contributed by atoms with Gasteiger partial charge in [-0.2, -0.15) is 0 Å². The van der Waals surface area contributed by atoms with Crippen molar-refractivity contribution in [1.29, 1.82) is 0 Å². The topological polar surface area (TPSA) is 29.5 Å². The summed E-state index contributed by atoms with van der Waals surface area (Å²) in [6, 6.07) is 0. The van der Waals surface area contributed by atoms with Crippen molar-refractivity contribution in [2.75, 3.05) is 19.7 Å². The molecule has 0 radical (unpaired) electrons. The van der Waals surface area contributed by atoms with E-state index in [2.05, 4.69) is 20.8 Å². The Morgan fingerprint density at radius 2 is 0.862 bits per heavy atom. The van der Waals surface area contributed by atoms with Gasteiger partial charge in [0.15, 0.2) is 0 Å². The van der Waals surface area contributed by atoms with Crippen LogP contribution in [0.4, 0.5) is 4.79 Å². The first-order chi connectivity index (χ1) is 14.3. The Morgan fingerprint density at radius 3 is 1.28 bits per heavy atom. The molecule has 0 bridgehead atoms. The van der Waals surface area contributed by atoms with Gasteiger partial charge in [-0.3, -0.25) is 0 Å².